The van der Waals surface area contributed by atoms with Gasteiger partial charge < -0.3 is 14.7 Å². The second-order valence-electron chi connectivity index (χ2n) is 8.07. The first kappa shape index (κ1) is 18.9. The molecule has 1 N–H and O–H groups in total. The van der Waals surface area contributed by atoms with Crippen molar-refractivity contribution in [1.29, 1.82) is 0 Å². The van der Waals surface area contributed by atoms with Crippen LogP contribution in [-0.2, 0) is 16.1 Å². The van der Waals surface area contributed by atoms with Crippen molar-refractivity contribution >= 4 is 23.4 Å². The number of likely N-dealkylation sites (tertiary alicyclic amines) is 1. The molecular formula is C21H28N4O3. The molecule has 2 fully saturated rings. The van der Waals surface area contributed by atoms with Crippen LogP contribution in [0, 0.1) is 0 Å². The van der Waals surface area contributed by atoms with Crippen LogP contribution in [0.3, 0.4) is 0 Å². The molecule has 1 aromatic rings. The number of likely N-dealkylation sites (N-methyl/N-ethyl adjacent to an activating group) is 1. The van der Waals surface area contributed by atoms with Gasteiger partial charge in [-0.2, -0.15) is 0 Å². The maximum Gasteiger partial charge on any atom is 0.255 e. The number of hydrogen-bond donors (Lipinski definition) is 1. The zero-order chi connectivity index (χ0) is 19.7. The summed E-state index contributed by atoms with van der Waals surface area (Å²) in [5, 5.41) is 2.35. The van der Waals surface area contributed by atoms with E-state index in [1.165, 1.54) is 32.4 Å². The van der Waals surface area contributed by atoms with E-state index in [2.05, 4.69) is 28.2 Å². The van der Waals surface area contributed by atoms with E-state index in [0.29, 0.717) is 18.5 Å². The van der Waals surface area contributed by atoms with Crippen LogP contribution in [0.2, 0.25) is 0 Å². The van der Waals surface area contributed by atoms with Crippen LogP contribution in [0.1, 0.15) is 48.0 Å². The standard InChI is InChI=1S/C21H28N4O3/c1-23(11-12-24-9-3-2-4-10-24)16-5-6-17-15(13-16)14-25(21(17)28)18-7-8-19(26)22-20(18)27/h5-6,13,18H,2-4,7-12,14H2,1H3,(H,22,26,27). The Balaban J connectivity index is 1.41. The lowest BCUT2D eigenvalue weighted by atomic mass is 10.0. The van der Waals surface area contributed by atoms with Crippen molar-refractivity contribution in [3.8, 4) is 0 Å². The number of imide groups is 1. The first-order valence-electron chi connectivity index (χ1n) is 10.2. The molecule has 0 radical (unpaired) electrons. The van der Waals surface area contributed by atoms with Crippen LogP contribution < -0.4 is 10.2 Å². The number of benzene rings is 1. The van der Waals surface area contributed by atoms with Gasteiger partial charge in [0.1, 0.15) is 6.04 Å². The van der Waals surface area contributed by atoms with Gasteiger partial charge in [0.2, 0.25) is 11.8 Å². The first-order chi connectivity index (χ1) is 13.5. The zero-order valence-corrected chi connectivity index (χ0v) is 16.4. The van der Waals surface area contributed by atoms with E-state index < -0.39 is 6.04 Å². The fourth-order valence-corrected chi connectivity index (χ4v) is 4.40. The van der Waals surface area contributed by atoms with Crippen LogP contribution in [0.5, 0.6) is 0 Å². The fourth-order valence-electron chi connectivity index (χ4n) is 4.40. The van der Waals surface area contributed by atoms with Crippen molar-refractivity contribution in [1.82, 2.24) is 15.1 Å². The highest BCUT2D eigenvalue weighted by molar-refractivity contribution is 6.05. The number of hydrogen-bond acceptors (Lipinski definition) is 5. The second-order valence-corrected chi connectivity index (χ2v) is 8.07. The van der Waals surface area contributed by atoms with E-state index in [1.807, 2.05) is 12.1 Å². The number of nitrogens with one attached hydrogen (secondary N) is 1. The molecule has 1 unspecified atom stereocenters. The summed E-state index contributed by atoms with van der Waals surface area (Å²) in [6.45, 7) is 4.80. The third-order valence-corrected chi connectivity index (χ3v) is 6.15. The van der Waals surface area contributed by atoms with Gasteiger partial charge in [-0.05, 0) is 56.1 Å². The predicted molar refractivity (Wildman–Crippen MR) is 106 cm³/mol. The Morgan fingerprint density at radius 1 is 1.14 bits per heavy atom. The summed E-state index contributed by atoms with van der Waals surface area (Å²) in [4.78, 5) is 42.7. The van der Waals surface area contributed by atoms with Gasteiger partial charge in [0, 0.05) is 44.4 Å². The van der Waals surface area contributed by atoms with E-state index in [1.54, 1.807) is 4.90 Å². The number of carbonyl (C=O) groups excluding carboxylic acids is 3. The highest BCUT2D eigenvalue weighted by atomic mass is 16.2. The highest BCUT2D eigenvalue weighted by Crippen LogP contribution is 2.30. The molecule has 0 saturated carbocycles. The van der Waals surface area contributed by atoms with E-state index in [4.69, 9.17) is 0 Å². The molecule has 1 atom stereocenters. The number of piperidine rings is 2. The Hall–Kier alpha value is -2.41. The summed E-state index contributed by atoms with van der Waals surface area (Å²) in [6, 6.07) is 5.37. The minimum atomic E-state index is -0.558. The summed E-state index contributed by atoms with van der Waals surface area (Å²) < 4.78 is 0. The van der Waals surface area contributed by atoms with Crippen LogP contribution >= 0.6 is 0 Å². The molecule has 3 heterocycles. The lowest BCUT2D eigenvalue weighted by Gasteiger charge is -2.29. The molecule has 7 heteroatoms. The van der Waals surface area contributed by atoms with Crippen molar-refractivity contribution in [3.63, 3.8) is 0 Å². The van der Waals surface area contributed by atoms with E-state index in [-0.39, 0.29) is 24.1 Å². The van der Waals surface area contributed by atoms with Crippen molar-refractivity contribution in [2.45, 2.75) is 44.7 Å². The summed E-state index contributed by atoms with van der Waals surface area (Å²) >= 11 is 0. The van der Waals surface area contributed by atoms with Crippen molar-refractivity contribution in [2.24, 2.45) is 0 Å². The molecule has 1 aromatic carbocycles. The smallest absolute Gasteiger partial charge is 0.255 e. The first-order valence-corrected chi connectivity index (χ1v) is 10.2. The molecule has 7 nitrogen and oxygen atoms in total. The highest BCUT2D eigenvalue weighted by Gasteiger charge is 2.39. The molecule has 3 aliphatic rings. The summed E-state index contributed by atoms with van der Waals surface area (Å²) in [5.41, 5.74) is 2.71. The van der Waals surface area contributed by atoms with Gasteiger partial charge in [0.05, 0.1) is 0 Å². The van der Waals surface area contributed by atoms with E-state index in [0.717, 1.165) is 24.3 Å². The van der Waals surface area contributed by atoms with Gasteiger partial charge in [-0.25, -0.2) is 0 Å². The summed E-state index contributed by atoms with van der Waals surface area (Å²) in [7, 11) is 2.08. The number of amides is 3. The number of anilines is 1. The molecule has 2 saturated heterocycles. The van der Waals surface area contributed by atoms with Gasteiger partial charge in [0.25, 0.3) is 5.91 Å². The molecule has 3 aliphatic heterocycles. The lowest BCUT2D eigenvalue weighted by molar-refractivity contribution is -0.136. The number of fused-ring (bicyclic) bond motifs is 1. The molecule has 0 spiro atoms. The Labute approximate surface area is 165 Å². The van der Waals surface area contributed by atoms with Gasteiger partial charge in [-0.3, -0.25) is 19.7 Å². The Morgan fingerprint density at radius 2 is 1.93 bits per heavy atom. The molecule has 3 amide bonds. The minimum Gasteiger partial charge on any atom is -0.373 e. The van der Waals surface area contributed by atoms with Gasteiger partial charge in [-0.1, -0.05) is 6.42 Å². The van der Waals surface area contributed by atoms with Crippen LogP contribution in [0.25, 0.3) is 0 Å². The number of rotatable bonds is 5. The fraction of sp³-hybridized carbons (Fsp3) is 0.571. The topological polar surface area (TPSA) is 73.0 Å². The average Bonchev–Trinajstić information content (AvgIpc) is 3.02. The van der Waals surface area contributed by atoms with Gasteiger partial charge in [0.15, 0.2) is 0 Å². The normalized spacial score (nSPS) is 23.0. The van der Waals surface area contributed by atoms with Gasteiger partial charge >= 0.3 is 0 Å². The third-order valence-electron chi connectivity index (χ3n) is 6.15. The summed E-state index contributed by atoms with van der Waals surface area (Å²) in [5.74, 6) is -0.744. The molecule has 4 rings (SSSR count). The predicted octanol–water partition coefficient (Wildman–Crippen LogP) is 1.37. The van der Waals surface area contributed by atoms with E-state index >= 15 is 0 Å². The number of carbonyl (C=O) groups is 3. The third kappa shape index (κ3) is 3.76. The second kappa shape index (κ2) is 7.91. The Morgan fingerprint density at radius 3 is 2.68 bits per heavy atom. The molecule has 28 heavy (non-hydrogen) atoms. The summed E-state index contributed by atoms with van der Waals surface area (Å²) in [6.07, 6.45) is 4.60. The molecular weight excluding hydrogens is 356 g/mol. The maximum absolute atomic E-state index is 12.8. The van der Waals surface area contributed by atoms with Crippen molar-refractivity contribution < 1.29 is 14.4 Å². The molecule has 0 bridgehead atoms. The molecule has 150 valence electrons. The van der Waals surface area contributed by atoms with Crippen LogP contribution in [0.4, 0.5) is 5.69 Å². The quantitative estimate of drug-likeness (QED) is 0.777. The van der Waals surface area contributed by atoms with Gasteiger partial charge in [-0.15, -0.1) is 0 Å². The van der Waals surface area contributed by atoms with Crippen molar-refractivity contribution in [2.75, 3.05) is 38.1 Å². The van der Waals surface area contributed by atoms with Crippen LogP contribution in [0.15, 0.2) is 18.2 Å². The monoisotopic (exact) mass is 384 g/mol. The SMILES string of the molecule is CN(CCN1CCCCC1)c1ccc2c(c1)CN(C1CCC(=O)NC1=O)C2=O. The van der Waals surface area contributed by atoms with Crippen molar-refractivity contribution in [3.05, 3.63) is 29.3 Å². The van der Waals surface area contributed by atoms with E-state index in [9.17, 15) is 14.4 Å². The Kier molecular flexibility index (Phi) is 5.35. The number of nitrogens with zero attached hydrogens (tertiary/aromatic N) is 3. The Bertz CT molecular complexity index is 788. The maximum atomic E-state index is 12.8. The molecule has 0 aromatic heterocycles. The lowest BCUT2D eigenvalue weighted by Crippen LogP contribution is -2.52. The van der Waals surface area contributed by atoms with Crippen LogP contribution in [-0.4, -0.2) is 66.8 Å². The minimum absolute atomic E-state index is 0.119. The zero-order valence-electron chi connectivity index (χ0n) is 16.4. The average molecular weight is 384 g/mol. The largest absolute Gasteiger partial charge is 0.373 e. The molecule has 0 aliphatic carbocycles.